The molecule has 2 aromatic carbocycles. The highest BCUT2D eigenvalue weighted by Gasteiger charge is 2.18. The van der Waals surface area contributed by atoms with Crippen LogP contribution in [0, 0.1) is 11.7 Å². The van der Waals surface area contributed by atoms with Crippen molar-refractivity contribution in [2.24, 2.45) is 5.92 Å². The quantitative estimate of drug-likeness (QED) is 0.401. The number of rotatable bonds is 11. The number of nitrogens with one attached hydrogen (secondary N) is 1. The summed E-state index contributed by atoms with van der Waals surface area (Å²) >= 11 is 1.46. The molecule has 1 amide bonds. The number of thiazole rings is 1. The lowest BCUT2D eigenvalue weighted by Crippen LogP contribution is -2.36. The van der Waals surface area contributed by atoms with Crippen molar-refractivity contribution in [1.29, 1.82) is 0 Å². The zero-order valence-corrected chi connectivity index (χ0v) is 21.1. The Hall–Kier alpha value is -2.97. The second kappa shape index (κ2) is 11.9. The van der Waals surface area contributed by atoms with Crippen LogP contribution in [0.25, 0.3) is 0 Å². The van der Waals surface area contributed by atoms with Crippen molar-refractivity contribution in [2.75, 3.05) is 14.2 Å². The van der Waals surface area contributed by atoms with Crippen LogP contribution in [-0.2, 0) is 19.6 Å². The van der Waals surface area contributed by atoms with Crippen molar-refractivity contribution >= 4 is 17.2 Å². The van der Waals surface area contributed by atoms with Gasteiger partial charge < -0.3 is 14.8 Å². The smallest absolute Gasteiger partial charge is 0.270 e. The van der Waals surface area contributed by atoms with E-state index in [-0.39, 0.29) is 17.8 Å². The van der Waals surface area contributed by atoms with Crippen LogP contribution in [0.3, 0.4) is 0 Å². The first-order valence-electron chi connectivity index (χ1n) is 11.2. The molecule has 1 atom stereocenters. The van der Waals surface area contributed by atoms with E-state index in [1.54, 1.807) is 31.7 Å². The van der Waals surface area contributed by atoms with Crippen molar-refractivity contribution in [3.05, 3.63) is 75.5 Å². The van der Waals surface area contributed by atoms with Gasteiger partial charge in [-0.25, -0.2) is 9.37 Å². The third kappa shape index (κ3) is 7.01. The predicted octanol–water partition coefficient (Wildman–Crippen LogP) is 5.28. The van der Waals surface area contributed by atoms with Gasteiger partial charge in [0.2, 0.25) is 0 Å². The van der Waals surface area contributed by atoms with Gasteiger partial charge in [-0.2, -0.15) is 0 Å². The molecule has 6 nitrogen and oxygen atoms in total. The molecular formula is C26H32FN3O3S. The first kappa shape index (κ1) is 25.6. The minimum atomic E-state index is -0.265. The number of methoxy groups -OCH3 is 2. The molecule has 3 aromatic rings. The number of carbonyl (C=O) groups is 1. The lowest BCUT2D eigenvalue weighted by Gasteiger charge is -2.23. The van der Waals surface area contributed by atoms with Crippen LogP contribution in [0.15, 0.2) is 47.8 Å². The fourth-order valence-corrected chi connectivity index (χ4v) is 4.18. The monoisotopic (exact) mass is 485 g/mol. The highest BCUT2D eigenvalue weighted by Crippen LogP contribution is 2.27. The lowest BCUT2D eigenvalue weighted by molar-refractivity contribution is 0.0925. The maximum absolute atomic E-state index is 13.4. The molecule has 1 aromatic heterocycles. The Labute approximate surface area is 204 Å². The number of halogens is 1. The largest absolute Gasteiger partial charge is 0.497 e. The Morgan fingerprint density at radius 3 is 2.44 bits per heavy atom. The second-order valence-electron chi connectivity index (χ2n) is 8.58. The molecule has 0 saturated heterocycles. The minimum absolute atomic E-state index is 0.0650. The summed E-state index contributed by atoms with van der Waals surface area (Å²) in [6, 6.07) is 12.3. The average Bonchev–Trinajstić information content (AvgIpc) is 3.29. The molecule has 0 spiro atoms. The molecule has 0 aliphatic carbocycles. The van der Waals surface area contributed by atoms with Crippen LogP contribution in [0.4, 0.5) is 4.39 Å². The van der Waals surface area contributed by atoms with Gasteiger partial charge in [-0.1, -0.05) is 32.0 Å². The van der Waals surface area contributed by atoms with Gasteiger partial charge in [-0.3, -0.25) is 9.69 Å². The molecule has 1 unspecified atom stereocenters. The Kier molecular flexibility index (Phi) is 9.01. The van der Waals surface area contributed by atoms with E-state index in [1.807, 2.05) is 25.1 Å². The normalized spacial score (nSPS) is 12.1. The van der Waals surface area contributed by atoms with Crippen LogP contribution in [0.1, 0.15) is 47.4 Å². The molecule has 0 aliphatic rings. The lowest BCUT2D eigenvalue weighted by atomic mass is 10.1. The molecule has 34 heavy (non-hydrogen) atoms. The molecule has 8 heteroatoms. The molecule has 0 radical (unpaired) electrons. The van der Waals surface area contributed by atoms with Crippen LogP contribution in [-0.4, -0.2) is 36.1 Å². The minimum Gasteiger partial charge on any atom is -0.497 e. The van der Waals surface area contributed by atoms with E-state index >= 15 is 0 Å². The zero-order chi connectivity index (χ0) is 24.7. The first-order chi connectivity index (χ1) is 16.3. The van der Waals surface area contributed by atoms with Gasteiger partial charge in [-0.05, 0) is 36.6 Å². The van der Waals surface area contributed by atoms with E-state index in [9.17, 15) is 9.18 Å². The van der Waals surface area contributed by atoms with Crippen molar-refractivity contribution in [3.8, 4) is 11.5 Å². The molecule has 1 N–H and O–H groups in total. The topological polar surface area (TPSA) is 63.7 Å². The number of ether oxygens (including phenoxy) is 2. The van der Waals surface area contributed by atoms with E-state index in [0.717, 1.165) is 27.6 Å². The third-order valence-corrected chi connectivity index (χ3v) is 6.54. The average molecular weight is 486 g/mol. The fraction of sp³-hybridized carbons (Fsp3) is 0.385. The van der Waals surface area contributed by atoms with Crippen molar-refractivity contribution in [2.45, 2.75) is 46.4 Å². The summed E-state index contributed by atoms with van der Waals surface area (Å²) < 4.78 is 24.3. The second-order valence-corrected chi connectivity index (χ2v) is 9.52. The third-order valence-electron chi connectivity index (χ3n) is 5.71. The number of amides is 1. The summed E-state index contributed by atoms with van der Waals surface area (Å²) in [5.41, 5.74) is 2.40. The summed E-state index contributed by atoms with van der Waals surface area (Å²) in [5, 5.41) is 5.62. The SMILES string of the molecule is COc1ccc(CN(Cc2ccc(F)cc2)Cc2nc(C(=O)NC(C)C(C)C)cs2)c(OC)c1. The molecule has 0 fully saturated rings. The maximum atomic E-state index is 13.4. The standard InChI is InChI=1S/C26H32FN3O3S/c1-17(2)18(3)28-26(31)23-16-34-25(29-23)15-30(13-19-6-9-21(27)10-7-19)14-20-8-11-22(32-4)12-24(20)33-5/h6-12,16-18H,13-15H2,1-5H3,(H,28,31). The summed E-state index contributed by atoms with van der Waals surface area (Å²) in [5.74, 6) is 1.36. The van der Waals surface area contributed by atoms with E-state index in [1.165, 1.54) is 23.5 Å². The van der Waals surface area contributed by atoms with Gasteiger partial charge in [0.15, 0.2) is 0 Å². The van der Waals surface area contributed by atoms with Crippen molar-refractivity contribution in [1.82, 2.24) is 15.2 Å². The summed E-state index contributed by atoms with van der Waals surface area (Å²) in [4.78, 5) is 19.3. The van der Waals surface area contributed by atoms with Gasteiger partial charge in [0.05, 0.1) is 20.8 Å². The van der Waals surface area contributed by atoms with Crippen LogP contribution >= 0.6 is 11.3 Å². The van der Waals surface area contributed by atoms with Crippen molar-refractivity contribution in [3.63, 3.8) is 0 Å². The molecule has 1 heterocycles. The Bertz CT molecular complexity index is 1090. The predicted molar refractivity (Wildman–Crippen MR) is 133 cm³/mol. The fourth-order valence-electron chi connectivity index (χ4n) is 3.37. The van der Waals surface area contributed by atoms with Crippen LogP contribution in [0.2, 0.25) is 0 Å². The molecule has 0 aliphatic heterocycles. The van der Waals surface area contributed by atoms with Gasteiger partial charge in [0.1, 0.15) is 28.0 Å². The van der Waals surface area contributed by atoms with Gasteiger partial charge in [0.25, 0.3) is 5.91 Å². The van der Waals surface area contributed by atoms with Crippen LogP contribution in [0.5, 0.6) is 11.5 Å². The van der Waals surface area contributed by atoms with E-state index in [4.69, 9.17) is 9.47 Å². The van der Waals surface area contributed by atoms with E-state index in [0.29, 0.717) is 31.2 Å². The highest BCUT2D eigenvalue weighted by molar-refractivity contribution is 7.09. The van der Waals surface area contributed by atoms with E-state index < -0.39 is 0 Å². The van der Waals surface area contributed by atoms with E-state index in [2.05, 4.69) is 29.0 Å². The first-order valence-corrected chi connectivity index (χ1v) is 12.1. The molecular weight excluding hydrogens is 453 g/mol. The van der Waals surface area contributed by atoms with Crippen molar-refractivity contribution < 1.29 is 18.7 Å². The van der Waals surface area contributed by atoms with Gasteiger partial charge >= 0.3 is 0 Å². The molecule has 3 rings (SSSR count). The Balaban J connectivity index is 1.80. The number of nitrogens with zero attached hydrogens (tertiary/aromatic N) is 2. The Morgan fingerprint density at radius 2 is 1.79 bits per heavy atom. The highest BCUT2D eigenvalue weighted by atomic mass is 32.1. The maximum Gasteiger partial charge on any atom is 0.270 e. The van der Waals surface area contributed by atoms with Gasteiger partial charge in [0, 0.05) is 36.1 Å². The summed E-state index contributed by atoms with van der Waals surface area (Å²) in [6.07, 6.45) is 0. The summed E-state index contributed by atoms with van der Waals surface area (Å²) in [7, 11) is 3.25. The molecule has 182 valence electrons. The Morgan fingerprint density at radius 1 is 1.06 bits per heavy atom. The number of hydrogen-bond acceptors (Lipinski definition) is 6. The number of aromatic nitrogens is 1. The summed E-state index contributed by atoms with van der Waals surface area (Å²) in [6.45, 7) is 7.82. The number of carbonyl (C=O) groups excluding carboxylic acids is 1. The number of benzene rings is 2. The molecule has 0 saturated carbocycles. The van der Waals surface area contributed by atoms with Crippen LogP contribution < -0.4 is 14.8 Å². The zero-order valence-electron chi connectivity index (χ0n) is 20.3. The van der Waals surface area contributed by atoms with Gasteiger partial charge in [-0.15, -0.1) is 11.3 Å². The molecule has 0 bridgehead atoms. The number of hydrogen-bond donors (Lipinski definition) is 1.